The maximum absolute atomic E-state index is 12.8. The summed E-state index contributed by atoms with van der Waals surface area (Å²) in [6, 6.07) is 6.74. The Hall–Kier alpha value is -1.72. The van der Waals surface area contributed by atoms with Gasteiger partial charge in [-0.3, -0.25) is 4.79 Å². The highest BCUT2D eigenvalue weighted by Crippen LogP contribution is 2.49. The van der Waals surface area contributed by atoms with Gasteiger partial charge in [0.05, 0.1) is 0 Å². The fourth-order valence-electron chi connectivity index (χ4n) is 2.38. The minimum absolute atomic E-state index is 0.0259. The number of benzene rings is 1. The van der Waals surface area contributed by atoms with Gasteiger partial charge in [-0.1, -0.05) is 18.2 Å². The van der Waals surface area contributed by atoms with Crippen LogP contribution < -0.4 is 10.6 Å². The van der Waals surface area contributed by atoms with Gasteiger partial charge in [0, 0.05) is 12.1 Å². The van der Waals surface area contributed by atoms with Crippen LogP contribution in [0.1, 0.15) is 18.4 Å². The fourth-order valence-corrected chi connectivity index (χ4v) is 2.38. The van der Waals surface area contributed by atoms with E-state index in [1.54, 1.807) is 0 Å². The van der Waals surface area contributed by atoms with Gasteiger partial charge in [-0.15, -0.1) is 0 Å². The zero-order valence-corrected chi connectivity index (χ0v) is 10.1. The SMILES string of the molecule is O=C(NC1(C(F)(F)F)CC1)C1Cc2ccccc2N1. The summed E-state index contributed by atoms with van der Waals surface area (Å²) < 4.78 is 38.3. The molecule has 6 heteroatoms. The second-order valence-corrected chi connectivity index (χ2v) is 5.13. The molecule has 1 saturated carbocycles. The van der Waals surface area contributed by atoms with E-state index in [0.29, 0.717) is 6.42 Å². The Kier molecular flexibility index (Phi) is 2.52. The molecule has 0 spiro atoms. The lowest BCUT2D eigenvalue weighted by molar-refractivity contribution is -0.170. The highest BCUT2D eigenvalue weighted by Gasteiger charge is 2.64. The van der Waals surface area contributed by atoms with E-state index in [9.17, 15) is 18.0 Å². The standard InChI is InChI=1S/C13H13F3N2O/c14-13(15,16)12(5-6-12)18-11(19)10-7-8-3-1-2-4-9(8)17-10/h1-4,10,17H,5-7H2,(H,18,19). The van der Waals surface area contributed by atoms with Gasteiger partial charge in [0.25, 0.3) is 0 Å². The summed E-state index contributed by atoms with van der Waals surface area (Å²) in [5.41, 5.74) is -0.209. The van der Waals surface area contributed by atoms with E-state index >= 15 is 0 Å². The molecule has 0 bridgehead atoms. The van der Waals surface area contributed by atoms with E-state index in [-0.39, 0.29) is 12.8 Å². The average Bonchev–Trinajstić information content (AvgIpc) is 3.00. The first-order valence-electron chi connectivity index (χ1n) is 6.14. The van der Waals surface area contributed by atoms with Crippen molar-refractivity contribution in [1.82, 2.24) is 5.32 Å². The minimum atomic E-state index is -4.37. The van der Waals surface area contributed by atoms with E-state index in [1.807, 2.05) is 24.3 Å². The lowest BCUT2D eigenvalue weighted by atomic mass is 10.1. The van der Waals surface area contributed by atoms with E-state index in [0.717, 1.165) is 11.3 Å². The third-order valence-electron chi connectivity index (χ3n) is 3.74. The second-order valence-electron chi connectivity index (χ2n) is 5.13. The van der Waals surface area contributed by atoms with Crippen LogP contribution in [0.15, 0.2) is 24.3 Å². The highest BCUT2D eigenvalue weighted by molar-refractivity contribution is 5.88. The number of carbonyl (C=O) groups is 1. The van der Waals surface area contributed by atoms with E-state index in [2.05, 4.69) is 10.6 Å². The number of alkyl halides is 3. The Morgan fingerprint density at radius 1 is 1.32 bits per heavy atom. The van der Waals surface area contributed by atoms with Gasteiger partial charge in [0.1, 0.15) is 11.6 Å². The first-order valence-corrected chi connectivity index (χ1v) is 6.14. The molecule has 3 nitrogen and oxygen atoms in total. The van der Waals surface area contributed by atoms with Crippen molar-refractivity contribution in [2.45, 2.75) is 37.0 Å². The molecule has 1 unspecified atom stereocenters. The Morgan fingerprint density at radius 2 is 2.00 bits per heavy atom. The molecular formula is C13H13F3N2O. The van der Waals surface area contributed by atoms with Crippen LogP contribution in [0.3, 0.4) is 0 Å². The minimum Gasteiger partial charge on any atom is -0.373 e. The van der Waals surface area contributed by atoms with Crippen LogP contribution >= 0.6 is 0 Å². The Morgan fingerprint density at radius 3 is 2.58 bits per heavy atom. The molecule has 1 aliphatic carbocycles. The van der Waals surface area contributed by atoms with Gasteiger partial charge >= 0.3 is 6.18 Å². The molecule has 0 saturated heterocycles. The maximum atomic E-state index is 12.8. The second kappa shape index (κ2) is 3.88. The van der Waals surface area contributed by atoms with Crippen molar-refractivity contribution in [3.8, 4) is 0 Å². The van der Waals surface area contributed by atoms with Crippen molar-refractivity contribution >= 4 is 11.6 Å². The lowest BCUT2D eigenvalue weighted by Crippen LogP contribution is -2.52. The number of rotatable bonds is 2. The number of anilines is 1. The summed E-state index contributed by atoms with van der Waals surface area (Å²) in [6.07, 6.45) is -3.99. The van der Waals surface area contributed by atoms with Crippen LogP contribution in [0.5, 0.6) is 0 Å². The molecule has 0 aromatic heterocycles. The highest BCUT2D eigenvalue weighted by atomic mass is 19.4. The van der Waals surface area contributed by atoms with E-state index in [1.165, 1.54) is 0 Å². The molecule has 3 rings (SSSR count). The molecule has 102 valence electrons. The monoisotopic (exact) mass is 270 g/mol. The third-order valence-corrected chi connectivity index (χ3v) is 3.74. The van der Waals surface area contributed by atoms with Crippen LogP contribution in [0.2, 0.25) is 0 Å². The third kappa shape index (κ3) is 2.05. The molecule has 2 N–H and O–H groups in total. The van der Waals surface area contributed by atoms with Crippen molar-refractivity contribution in [1.29, 1.82) is 0 Å². The van der Waals surface area contributed by atoms with Gasteiger partial charge in [-0.05, 0) is 24.5 Å². The summed E-state index contributed by atoms with van der Waals surface area (Å²) in [6.45, 7) is 0. The topological polar surface area (TPSA) is 41.1 Å². The molecule has 1 aromatic carbocycles. The number of nitrogens with one attached hydrogen (secondary N) is 2. The smallest absolute Gasteiger partial charge is 0.373 e. The van der Waals surface area contributed by atoms with Crippen LogP contribution in [0.25, 0.3) is 0 Å². The first-order chi connectivity index (χ1) is 8.91. The predicted molar refractivity (Wildman–Crippen MR) is 63.7 cm³/mol. The fraction of sp³-hybridized carbons (Fsp3) is 0.462. The number of amides is 1. The van der Waals surface area contributed by atoms with Gasteiger partial charge in [-0.2, -0.15) is 13.2 Å². The van der Waals surface area contributed by atoms with E-state index < -0.39 is 23.7 Å². The molecule has 1 aliphatic heterocycles. The Balaban J connectivity index is 1.68. The molecule has 0 radical (unpaired) electrons. The molecule has 1 fully saturated rings. The van der Waals surface area contributed by atoms with Crippen LogP contribution in [-0.4, -0.2) is 23.7 Å². The van der Waals surface area contributed by atoms with Gasteiger partial charge in [0.15, 0.2) is 0 Å². The van der Waals surface area contributed by atoms with E-state index in [4.69, 9.17) is 0 Å². The zero-order chi connectivity index (χ0) is 13.7. The summed E-state index contributed by atoms with van der Waals surface area (Å²) in [7, 11) is 0. The molecule has 1 amide bonds. The van der Waals surface area contributed by atoms with Crippen LogP contribution in [0, 0.1) is 0 Å². The van der Waals surface area contributed by atoms with Crippen molar-refractivity contribution in [3.05, 3.63) is 29.8 Å². The maximum Gasteiger partial charge on any atom is 0.411 e. The Labute approximate surface area is 108 Å². The summed E-state index contributed by atoms with van der Waals surface area (Å²) >= 11 is 0. The average molecular weight is 270 g/mol. The van der Waals surface area contributed by atoms with Crippen molar-refractivity contribution in [3.63, 3.8) is 0 Å². The zero-order valence-electron chi connectivity index (χ0n) is 10.1. The Bertz CT molecular complexity index is 498. The number of hydrogen-bond donors (Lipinski definition) is 2. The van der Waals surface area contributed by atoms with Gasteiger partial charge in [-0.25, -0.2) is 0 Å². The predicted octanol–water partition coefficient (Wildman–Crippen LogP) is 2.23. The number of carbonyl (C=O) groups excluding carboxylic acids is 1. The number of fused-ring (bicyclic) bond motifs is 1. The number of halogens is 3. The first kappa shape index (κ1) is 12.3. The van der Waals surface area contributed by atoms with Crippen molar-refractivity contribution in [2.24, 2.45) is 0 Å². The molecular weight excluding hydrogens is 257 g/mol. The number of hydrogen-bond acceptors (Lipinski definition) is 2. The van der Waals surface area contributed by atoms with Crippen molar-refractivity contribution in [2.75, 3.05) is 5.32 Å². The summed E-state index contributed by atoms with van der Waals surface area (Å²) in [5, 5.41) is 5.11. The molecule has 1 atom stereocenters. The molecule has 2 aliphatic rings. The van der Waals surface area contributed by atoms with Crippen LogP contribution in [0.4, 0.5) is 18.9 Å². The molecule has 1 heterocycles. The quantitative estimate of drug-likeness (QED) is 0.865. The molecule has 19 heavy (non-hydrogen) atoms. The van der Waals surface area contributed by atoms with Gasteiger partial charge in [0.2, 0.25) is 5.91 Å². The normalized spacial score (nSPS) is 23.4. The summed E-state index contributed by atoms with van der Waals surface area (Å²) in [4.78, 5) is 11.9. The van der Waals surface area contributed by atoms with Crippen LogP contribution in [-0.2, 0) is 11.2 Å². The van der Waals surface area contributed by atoms with Crippen molar-refractivity contribution < 1.29 is 18.0 Å². The lowest BCUT2D eigenvalue weighted by Gasteiger charge is -2.22. The number of para-hydroxylation sites is 1. The largest absolute Gasteiger partial charge is 0.411 e. The summed E-state index contributed by atoms with van der Waals surface area (Å²) in [5.74, 6) is -0.578. The molecule has 1 aromatic rings. The van der Waals surface area contributed by atoms with Gasteiger partial charge < -0.3 is 10.6 Å².